The van der Waals surface area contributed by atoms with E-state index in [0.717, 1.165) is 0 Å². The zero-order valence-electron chi connectivity index (χ0n) is 41.6. The maximum atomic E-state index is 13.4. The molecule has 2 amide bonds. The fourth-order valence-electron chi connectivity index (χ4n) is 7.90. The van der Waals surface area contributed by atoms with Crippen LogP contribution in [0.2, 0.25) is 10.0 Å². The maximum absolute atomic E-state index is 13.4. The SMILES string of the molecule is CCOc1ccc(NC(=O)c2cc3ccccc3c(N=Nc3cc(Cl)cc(CC)c3S(=O)(=O)O)c2O)cc1.CCOc1ccc(NC(=O)c2cc3ccccc3c(N=Nc3cc(Cl)cc(CC)c3S(=O)(=O)[O-])c2[O-])cc1.[Ba+2]. The van der Waals surface area contributed by atoms with E-state index in [2.05, 4.69) is 31.1 Å². The van der Waals surface area contributed by atoms with Crippen molar-refractivity contribution in [3.63, 3.8) is 0 Å². The quantitative estimate of drug-likeness (QED) is 0.0399. The number of hydrogen-bond donors (Lipinski definition) is 4. The normalized spacial score (nSPS) is 11.5. The monoisotopic (exact) mass is 1240 g/mol. The van der Waals surface area contributed by atoms with E-state index in [4.69, 9.17) is 32.7 Å². The largest absolute Gasteiger partial charge is 2.00 e. The Morgan fingerprint density at radius 2 is 1.00 bits per heavy atom. The summed E-state index contributed by atoms with van der Waals surface area (Å²) in [4.78, 5) is 25.2. The van der Waals surface area contributed by atoms with Gasteiger partial charge in [0.2, 0.25) is 0 Å². The Balaban J connectivity index is 0.000000246. The summed E-state index contributed by atoms with van der Waals surface area (Å²) < 4.78 is 80.8. The van der Waals surface area contributed by atoms with Crippen LogP contribution in [0.4, 0.5) is 34.1 Å². The summed E-state index contributed by atoms with van der Waals surface area (Å²) in [5.74, 6) is -1.15. The van der Waals surface area contributed by atoms with Gasteiger partial charge in [-0.2, -0.15) is 13.5 Å². The van der Waals surface area contributed by atoms with E-state index >= 15 is 0 Å². The van der Waals surface area contributed by atoms with Crippen LogP contribution in [0.25, 0.3) is 21.5 Å². The van der Waals surface area contributed by atoms with Crippen molar-refractivity contribution < 1.29 is 55.2 Å². The summed E-state index contributed by atoms with van der Waals surface area (Å²) in [6, 6.07) is 35.2. The molecule has 0 spiro atoms. The van der Waals surface area contributed by atoms with Gasteiger partial charge in [0.1, 0.15) is 43.6 Å². The van der Waals surface area contributed by atoms with Gasteiger partial charge < -0.3 is 34.9 Å². The Morgan fingerprint density at radius 1 is 0.584 bits per heavy atom. The maximum Gasteiger partial charge on any atom is 2.00 e. The van der Waals surface area contributed by atoms with Gasteiger partial charge in [-0.05, 0) is 134 Å². The number of azo groups is 2. The number of nitrogens with one attached hydrogen (secondary N) is 2. The van der Waals surface area contributed by atoms with Crippen molar-refractivity contribution in [1.29, 1.82) is 0 Å². The molecule has 8 aromatic carbocycles. The van der Waals surface area contributed by atoms with Gasteiger partial charge in [-0.15, -0.1) is 15.3 Å². The number of nitrogens with zero attached hydrogens (tertiary/aromatic N) is 4. The van der Waals surface area contributed by atoms with E-state index in [1.165, 1.54) is 36.4 Å². The molecule has 77 heavy (non-hydrogen) atoms. The van der Waals surface area contributed by atoms with Crippen LogP contribution in [0.5, 0.6) is 23.0 Å². The van der Waals surface area contributed by atoms with E-state index in [-0.39, 0.29) is 117 Å². The molecule has 0 heterocycles. The van der Waals surface area contributed by atoms with Gasteiger partial charge in [-0.3, -0.25) is 14.1 Å². The number of aromatic hydroxyl groups is 1. The van der Waals surface area contributed by atoms with Crippen LogP contribution in [0.15, 0.2) is 164 Å². The van der Waals surface area contributed by atoms with Crippen LogP contribution in [-0.2, 0) is 33.1 Å². The summed E-state index contributed by atoms with van der Waals surface area (Å²) in [5.41, 5.74) is 0.366. The average Bonchev–Trinajstić information content (AvgIpc) is 3.39. The van der Waals surface area contributed by atoms with E-state index < -0.39 is 53.3 Å². The van der Waals surface area contributed by atoms with Gasteiger partial charge in [0.25, 0.3) is 21.9 Å². The smallest absolute Gasteiger partial charge is 0.870 e. The number of hydrogen-bond acceptors (Lipinski definition) is 15. The molecule has 8 aromatic rings. The third-order valence-electron chi connectivity index (χ3n) is 11.3. The Kier molecular flexibility index (Phi) is 20.4. The average molecular weight is 1240 g/mol. The molecule has 8 rings (SSSR count). The van der Waals surface area contributed by atoms with Crippen LogP contribution < -0.4 is 25.2 Å². The summed E-state index contributed by atoms with van der Waals surface area (Å²) in [6.45, 7) is 8.09. The Hall–Kier alpha value is -6.41. The van der Waals surface area contributed by atoms with Crippen LogP contribution in [0.1, 0.15) is 59.5 Å². The van der Waals surface area contributed by atoms with E-state index in [0.29, 0.717) is 57.6 Å². The van der Waals surface area contributed by atoms with Crippen molar-refractivity contribution in [2.24, 2.45) is 20.5 Å². The predicted molar refractivity (Wildman–Crippen MR) is 294 cm³/mol. The molecule has 0 saturated heterocycles. The van der Waals surface area contributed by atoms with Gasteiger partial charge in [-0.25, -0.2) is 8.42 Å². The molecule has 0 bridgehead atoms. The van der Waals surface area contributed by atoms with Crippen LogP contribution in [0, 0.1) is 0 Å². The zero-order valence-corrected chi connectivity index (χ0v) is 49.2. The van der Waals surface area contributed by atoms with Gasteiger partial charge in [0, 0.05) is 37.8 Å². The molecule has 0 aliphatic rings. The number of amides is 2. The number of phenolic OH excluding ortho intramolecular Hbond substituents is 1. The van der Waals surface area contributed by atoms with Crippen LogP contribution in [-0.4, -0.2) is 105 Å². The number of ether oxygens (including phenoxy) is 2. The Labute approximate surface area is 493 Å². The van der Waals surface area contributed by atoms with Crippen molar-refractivity contribution >= 4 is 160 Å². The number of benzene rings is 8. The standard InChI is InChI=1S/2C27H24ClN3O6S.Ba/c2*1-3-16-13-18(28)15-23(26(16)38(34,35)36)30-31-24-21-8-6-5-7-17(21)14-22(25(24)32)27(33)29-19-9-11-20(12-10-19)37-4-2;/h2*5-15,32H,3-4H2,1-2H3,(H,29,33)(H,34,35,36);/q;;+2/p-2. The molecular formula is C54H46BaCl2N6O12S2. The third kappa shape index (κ3) is 14.6. The molecule has 0 fully saturated rings. The molecule has 0 radical (unpaired) electrons. The first-order valence-corrected chi connectivity index (χ1v) is 26.8. The minimum Gasteiger partial charge on any atom is -0.870 e. The zero-order chi connectivity index (χ0) is 54.9. The summed E-state index contributed by atoms with van der Waals surface area (Å²) >= 11 is 12.3. The number of carbonyl (C=O) groups excluding carboxylic acids is 2. The summed E-state index contributed by atoms with van der Waals surface area (Å²) in [5, 5.41) is 48.4. The van der Waals surface area contributed by atoms with Crippen molar-refractivity contribution in [3.8, 4) is 23.0 Å². The van der Waals surface area contributed by atoms with Crippen molar-refractivity contribution in [1.82, 2.24) is 0 Å². The van der Waals surface area contributed by atoms with Gasteiger partial charge in [0.05, 0.1) is 29.4 Å². The van der Waals surface area contributed by atoms with Gasteiger partial charge >= 0.3 is 48.9 Å². The number of halogens is 2. The van der Waals surface area contributed by atoms with Crippen LogP contribution >= 0.6 is 23.2 Å². The van der Waals surface area contributed by atoms with Crippen molar-refractivity contribution in [3.05, 3.63) is 166 Å². The molecule has 0 saturated carbocycles. The summed E-state index contributed by atoms with van der Waals surface area (Å²) in [7, 11) is -9.59. The van der Waals surface area contributed by atoms with E-state index in [1.807, 2.05) is 13.8 Å². The predicted octanol–water partition coefficient (Wildman–Crippen LogP) is 12.8. The number of aryl methyl sites for hydroxylation is 2. The molecule has 0 aliphatic heterocycles. The molecule has 18 nitrogen and oxygen atoms in total. The first-order valence-electron chi connectivity index (χ1n) is 23.2. The molecule has 392 valence electrons. The van der Waals surface area contributed by atoms with Crippen molar-refractivity contribution in [2.75, 3.05) is 23.8 Å². The van der Waals surface area contributed by atoms with E-state index in [1.54, 1.807) is 111 Å². The molecule has 0 aliphatic carbocycles. The van der Waals surface area contributed by atoms with E-state index in [9.17, 15) is 45.7 Å². The molecule has 0 unspecified atom stereocenters. The number of phenols is 1. The molecule has 4 N–H and O–H groups in total. The second kappa shape index (κ2) is 26.3. The number of fused-ring (bicyclic) bond motifs is 2. The van der Waals surface area contributed by atoms with Crippen LogP contribution in [0.3, 0.4) is 0 Å². The first kappa shape index (κ1) is 59.8. The third-order valence-corrected chi connectivity index (χ3v) is 13.7. The Bertz CT molecular complexity index is 3560. The molecule has 23 heteroatoms. The minimum atomic E-state index is -4.93. The summed E-state index contributed by atoms with van der Waals surface area (Å²) in [6.07, 6.45) is 0.463. The first-order chi connectivity index (χ1) is 36.2. The number of carbonyl (C=O) groups is 2. The molecule has 0 aromatic heterocycles. The second-order valence-corrected chi connectivity index (χ2v) is 19.9. The fourth-order valence-corrected chi connectivity index (χ4v) is 10.2. The van der Waals surface area contributed by atoms with Gasteiger partial charge in [0.15, 0.2) is 5.75 Å². The fraction of sp³-hybridized carbons (Fsp3) is 0.148. The second-order valence-electron chi connectivity index (χ2n) is 16.4. The molecule has 0 atom stereocenters. The number of anilines is 2. The van der Waals surface area contributed by atoms with Crippen molar-refractivity contribution in [2.45, 2.75) is 50.3 Å². The minimum absolute atomic E-state index is 0. The van der Waals surface area contributed by atoms with Gasteiger partial charge in [-0.1, -0.05) is 91.3 Å². The Morgan fingerprint density at radius 3 is 1.45 bits per heavy atom. The topological polar surface area (TPSA) is 281 Å². The number of rotatable bonds is 16. The molecular weight excluding hydrogens is 1200 g/mol.